The molecule has 1 atom stereocenters. The van der Waals surface area contributed by atoms with Crippen molar-refractivity contribution >= 4 is 5.78 Å². The predicted molar refractivity (Wildman–Crippen MR) is 62.9 cm³/mol. The summed E-state index contributed by atoms with van der Waals surface area (Å²) >= 11 is 0. The van der Waals surface area contributed by atoms with Crippen LogP contribution < -0.4 is 5.32 Å². The van der Waals surface area contributed by atoms with Gasteiger partial charge >= 0.3 is 0 Å². The molecular formula is C13H19NO. The van der Waals surface area contributed by atoms with Gasteiger partial charge in [0, 0.05) is 12.5 Å². The summed E-state index contributed by atoms with van der Waals surface area (Å²) in [5.74, 6) is 0.252. The van der Waals surface area contributed by atoms with Gasteiger partial charge in [0.25, 0.3) is 0 Å². The van der Waals surface area contributed by atoms with Crippen molar-refractivity contribution in [3.8, 4) is 0 Å². The molecule has 2 heteroatoms. The lowest BCUT2D eigenvalue weighted by molar-refractivity contribution is -0.117. The van der Waals surface area contributed by atoms with Crippen LogP contribution in [-0.2, 0) is 4.79 Å². The van der Waals surface area contributed by atoms with E-state index in [1.807, 2.05) is 7.05 Å². The van der Waals surface area contributed by atoms with E-state index in [0.717, 1.165) is 6.42 Å². The van der Waals surface area contributed by atoms with Gasteiger partial charge in [0.05, 0.1) is 0 Å². The Morgan fingerprint density at radius 1 is 1.33 bits per heavy atom. The highest BCUT2D eigenvalue weighted by atomic mass is 16.1. The third-order valence-corrected chi connectivity index (χ3v) is 2.61. The third-order valence-electron chi connectivity index (χ3n) is 2.61. The molecule has 0 saturated heterocycles. The number of aryl methyl sites for hydroxylation is 1. The molecule has 0 heterocycles. The van der Waals surface area contributed by atoms with Crippen molar-refractivity contribution in [3.05, 3.63) is 35.4 Å². The number of Topliss-reactive ketones (excluding diaryl/α,β-unsaturated/α-hetero) is 1. The van der Waals surface area contributed by atoms with E-state index in [0.29, 0.717) is 6.42 Å². The maximum absolute atomic E-state index is 10.9. The van der Waals surface area contributed by atoms with E-state index in [4.69, 9.17) is 0 Å². The van der Waals surface area contributed by atoms with Crippen molar-refractivity contribution in [2.24, 2.45) is 0 Å². The van der Waals surface area contributed by atoms with E-state index in [1.165, 1.54) is 11.1 Å². The Hall–Kier alpha value is -1.15. The minimum Gasteiger partial charge on any atom is -0.313 e. The summed E-state index contributed by atoms with van der Waals surface area (Å²) in [6.07, 6.45) is 1.51. The summed E-state index contributed by atoms with van der Waals surface area (Å²) in [7, 11) is 1.94. The Morgan fingerprint density at radius 3 is 2.40 bits per heavy atom. The molecule has 2 nitrogen and oxygen atoms in total. The lowest BCUT2D eigenvalue weighted by atomic mass is 10.00. The number of nitrogens with one attached hydrogen (secondary N) is 1. The minimum atomic E-state index is 0.252. The molecule has 82 valence electrons. The molecule has 0 aliphatic heterocycles. The van der Waals surface area contributed by atoms with Crippen LogP contribution in [0.15, 0.2) is 24.3 Å². The van der Waals surface area contributed by atoms with Crippen molar-refractivity contribution in [3.63, 3.8) is 0 Å². The maximum atomic E-state index is 10.9. The predicted octanol–water partition coefficient (Wildman–Crippen LogP) is 2.62. The monoisotopic (exact) mass is 205 g/mol. The molecule has 1 aromatic carbocycles. The highest BCUT2D eigenvalue weighted by Crippen LogP contribution is 2.18. The molecule has 0 saturated carbocycles. The Labute approximate surface area is 91.7 Å². The average Bonchev–Trinajstić information content (AvgIpc) is 2.21. The Kier molecular flexibility index (Phi) is 4.50. The summed E-state index contributed by atoms with van der Waals surface area (Å²) < 4.78 is 0. The van der Waals surface area contributed by atoms with E-state index in [-0.39, 0.29) is 11.8 Å². The van der Waals surface area contributed by atoms with E-state index in [2.05, 4.69) is 36.5 Å². The standard InChI is InChI=1S/C13H19NO/c1-10-4-7-12(8-5-10)13(14-3)9-6-11(2)15/h4-5,7-8,13-14H,6,9H2,1-3H3. The van der Waals surface area contributed by atoms with Gasteiger partial charge in [-0.1, -0.05) is 29.8 Å². The van der Waals surface area contributed by atoms with E-state index < -0.39 is 0 Å². The van der Waals surface area contributed by atoms with E-state index >= 15 is 0 Å². The van der Waals surface area contributed by atoms with Crippen LogP contribution in [0.2, 0.25) is 0 Å². The first-order valence-electron chi connectivity index (χ1n) is 5.36. The van der Waals surface area contributed by atoms with Gasteiger partial charge in [-0.2, -0.15) is 0 Å². The zero-order valence-electron chi connectivity index (χ0n) is 9.71. The first kappa shape index (κ1) is 11.9. The fraction of sp³-hybridized carbons (Fsp3) is 0.462. The molecule has 0 fully saturated rings. The van der Waals surface area contributed by atoms with Crippen molar-refractivity contribution in [2.45, 2.75) is 32.7 Å². The number of hydrogen-bond acceptors (Lipinski definition) is 2. The molecular weight excluding hydrogens is 186 g/mol. The second kappa shape index (κ2) is 5.66. The number of ketones is 1. The molecule has 1 rings (SSSR count). The zero-order valence-corrected chi connectivity index (χ0v) is 9.71. The van der Waals surface area contributed by atoms with Gasteiger partial charge < -0.3 is 10.1 Å². The van der Waals surface area contributed by atoms with Crippen molar-refractivity contribution in [2.75, 3.05) is 7.05 Å². The van der Waals surface area contributed by atoms with Crippen molar-refractivity contribution in [1.82, 2.24) is 5.32 Å². The Bertz CT molecular complexity index is 316. The van der Waals surface area contributed by atoms with Gasteiger partial charge in [-0.05, 0) is 32.9 Å². The lowest BCUT2D eigenvalue weighted by Crippen LogP contribution is -2.17. The summed E-state index contributed by atoms with van der Waals surface area (Å²) in [6.45, 7) is 3.72. The van der Waals surface area contributed by atoms with Crippen molar-refractivity contribution < 1.29 is 4.79 Å². The second-order valence-electron chi connectivity index (χ2n) is 3.99. The summed E-state index contributed by atoms with van der Waals surface area (Å²) in [6, 6.07) is 8.74. The van der Waals surface area contributed by atoms with E-state index in [9.17, 15) is 4.79 Å². The molecule has 1 N–H and O–H groups in total. The zero-order chi connectivity index (χ0) is 11.3. The Morgan fingerprint density at radius 2 is 1.93 bits per heavy atom. The SMILES string of the molecule is CNC(CCC(C)=O)c1ccc(C)cc1. The molecule has 0 spiro atoms. The van der Waals surface area contributed by atoms with Gasteiger partial charge in [-0.25, -0.2) is 0 Å². The fourth-order valence-corrected chi connectivity index (χ4v) is 1.62. The molecule has 0 bridgehead atoms. The van der Waals surface area contributed by atoms with Crippen LogP contribution >= 0.6 is 0 Å². The molecule has 0 aliphatic carbocycles. The van der Waals surface area contributed by atoms with Crippen LogP contribution in [0, 0.1) is 6.92 Å². The van der Waals surface area contributed by atoms with Crippen LogP contribution in [0.4, 0.5) is 0 Å². The van der Waals surface area contributed by atoms with Crippen LogP contribution in [0.25, 0.3) is 0 Å². The highest BCUT2D eigenvalue weighted by Gasteiger charge is 2.09. The van der Waals surface area contributed by atoms with Crippen molar-refractivity contribution in [1.29, 1.82) is 0 Å². The first-order chi connectivity index (χ1) is 7.13. The number of carbonyl (C=O) groups excluding carboxylic acids is 1. The highest BCUT2D eigenvalue weighted by molar-refractivity contribution is 5.75. The normalized spacial score (nSPS) is 12.5. The first-order valence-corrected chi connectivity index (χ1v) is 5.36. The van der Waals surface area contributed by atoms with Crippen LogP contribution in [0.1, 0.15) is 36.9 Å². The molecule has 15 heavy (non-hydrogen) atoms. The number of hydrogen-bond donors (Lipinski definition) is 1. The summed E-state index contributed by atoms with van der Waals surface area (Å²) in [5.41, 5.74) is 2.52. The molecule has 0 aromatic heterocycles. The number of benzene rings is 1. The summed E-state index contributed by atoms with van der Waals surface area (Å²) in [4.78, 5) is 10.9. The molecule has 0 radical (unpaired) electrons. The van der Waals surface area contributed by atoms with Crippen LogP contribution in [0.3, 0.4) is 0 Å². The van der Waals surface area contributed by atoms with E-state index in [1.54, 1.807) is 6.92 Å². The van der Waals surface area contributed by atoms with Gasteiger partial charge in [-0.15, -0.1) is 0 Å². The number of carbonyl (C=O) groups is 1. The second-order valence-corrected chi connectivity index (χ2v) is 3.99. The fourth-order valence-electron chi connectivity index (χ4n) is 1.62. The molecule has 1 aromatic rings. The largest absolute Gasteiger partial charge is 0.313 e. The van der Waals surface area contributed by atoms with Gasteiger partial charge in [0.15, 0.2) is 0 Å². The van der Waals surface area contributed by atoms with Gasteiger partial charge in [0.1, 0.15) is 5.78 Å². The average molecular weight is 205 g/mol. The molecule has 0 aliphatic rings. The molecule has 1 unspecified atom stereocenters. The summed E-state index contributed by atoms with van der Waals surface area (Å²) in [5, 5.41) is 3.24. The number of rotatable bonds is 5. The van der Waals surface area contributed by atoms with Gasteiger partial charge in [-0.3, -0.25) is 0 Å². The van der Waals surface area contributed by atoms with Crippen LogP contribution in [-0.4, -0.2) is 12.8 Å². The Balaban J connectivity index is 2.65. The third kappa shape index (κ3) is 3.84. The lowest BCUT2D eigenvalue weighted by Gasteiger charge is -2.15. The maximum Gasteiger partial charge on any atom is 0.129 e. The smallest absolute Gasteiger partial charge is 0.129 e. The molecule has 0 amide bonds. The topological polar surface area (TPSA) is 29.1 Å². The van der Waals surface area contributed by atoms with Gasteiger partial charge in [0.2, 0.25) is 0 Å². The minimum absolute atomic E-state index is 0.252. The quantitative estimate of drug-likeness (QED) is 0.800. The van der Waals surface area contributed by atoms with Crippen LogP contribution in [0.5, 0.6) is 0 Å².